The van der Waals surface area contributed by atoms with Crippen LogP contribution in [0.3, 0.4) is 0 Å². The van der Waals surface area contributed by atoms with E-state index in [1.54, 1.807) is 0 Å². The van der Waals surface area contributed by atoms with Gasteiger partial charge in [-0.15, -0.1) is 0 Å². The molecule has 2 unspecified atom stereocenters. The Bertz CT molecular complexity index is 192. The molecule has 1 rings (SSSR count). The number of carbonyl (C=O) groups is 2. The largest absolute Gasteiger partial charge is 1.00 e. The molecule has 0 spiro atoms. The van der Waals surface area contributed by atoms with Crippen molar-refractivity contribution in [1.82, 2.24) is 5.32 Å². The van der Waals surface area contributed by atoms with E-state index in [4.69, 9.17) is 0 Å². The molecule has 0 aromatic heterocycles. The Labute approximate surface area is 126 Å². The zero-order valence-corrected chi connectivity index (χ0v) is 12.4. The number of hydrogen-bond donors (Lipinski definition) is 1. The molecular weight excluding hydrogens is 208 g/mol. The molecule has 1 heterocycles. The van der Waals surface area contributed by atoms with Crippen molar-refractivity contribution < 1.29 is 78.9 Å². The zero-order valence-electron chi connectivity index (χ0n) is 8.41. The Morgan fingerprint density at radius 3 is 1.64 bits per heavy atom. The van der Waals surface area contributed by atoms with Crippen LogP contribution in [0.4, 0.5) is 0 Å². The molecule has 7 heteroatoms. The second kappa shape index (κ2) is 8.10. The number of carboxylic acids is 2. The van der Waals surface area contributed by atoms with E-state index in [0.717, 1.165) is 0 Å². The van der Waals surface area contributed by atoms with Crippen LogP contribution in [0.25, 0.3) is 0 Å². The van der Waals surface area contributed by atoms with Crippen molar-refractivity contribution in [2.24, 2.45) is 0 Å². The molecule has 0 radical (unpaired) electrons. The van der Waals surface area contributed by atoms with Crippen molar-refractivity contribution >= 4 is 11.9 Å². The Morgan fingerprint density at radius 1 is 1.00 bits per heavy atom. The molecule has 0 aromatic carbocycles. The van der Waals surface area contributed by atoms with E-state index >= 15 is 0 Å². The quantitative estimate of drug-likeness (QED) is 0.464. The summed E-state index contributed by atoms with van der Waals surface area (Å²) in [6.07, 6.45) is 1.42. The first kappa shape index (κ1) is 17.3. The summed E-state index contributed by atoms with van der Waals surface area (Å²) in [5, 5.41) is 23.1. The molecule has 0 saturated carbocycles. The van der Waals surface area contributed by atoms with Crippen LogP contribution in [0.1, 0.15) is 19.3 Å². The molecule has 5 nitrogen and oxygen atoms in total. The van der Waals surface area contributed by atoms with Gasteiger partial charge in [-0.25, -0.2) is 0 Å². The van der Waals surface area contributed by atoms with Crippen molar-refractivity contribution in [3.8, 4) is 0 Å². The van der Waals surface area contributed by atoms with Crippen molar-refractivity contribution in [1.29, 1.82) is 0 Å². The Hall–Kier alpha value is 0.900. The third kappa shape index (κ3) is 5.11. The van der Waals surface area contributed by atoms with Crippen molar-refractivity contribution in [3.63, 3.8) is 0 Å². The minimum Gasteiger partial charge on any atom is -0.548 e. The van der Waals surface area contributed by atoms with Gasteiger partial charge in [-0.2, -0.15) is 0 Å². The normalized spacial score (nSPS) is 25.4. The summed E-state index contributed by atoms with van der Waals surface area (Å²) in [5.74, 6) is -2.50. The molecule has 1 fully saturated rings. The minimum atomic E-state index is -1.25. The van der Waals surface area contributed by atoms with Crippen molar-refractivity contribution in [3.05, 3.63) is 0 Å². The summed E-state index contributed by atoms with van der Waals surface area (Å²) in [7, 11) is 0. The molecule has 0 bridgehead atoms. The van der Waals surface area contributed by atoms with Gasteiger partial charge in [-0.1, -0.05) is 0 Å². The Morgan fingerprint density at radius 2 is 1.36 bits per heavy atom. The van der Waals surface area contributed by atoms with Gasteiger partial charge in [0.15, 0.2) is 0 Å². The van der Waals surface area contributed by atoms with Crippen LogP contribution in [-0.2, 0) is 9.59 Å². The molecule has 1 aliphatic heterocycles. The van der Waals surface area contributed by atoms with Crippen LogP contribution in [0, 0.1) is 0 Å². The van der Waals surface area contributed by atoms with Gasteiger partial charge < -0.3 is 25.1 Å². The maximum Gasteiger partial charge on any atom is 1.00 e. The molecule has 0 aliphatic carbocycles. The number of nitrogens with one attached hydrogen (secondary N) is 1. The van der Waals surface area contributed by atoms with E-state index < -0.39 is 24.0 Å². The maximum absolute atomic E-state index is 10.3. The third-order valence-electron chi connectivity index (χ3n) is 1.96. The van der Waals surface area contributed by atoms with E-state index in [-0.39, 0.29) is 59.1 Å². The van der Waals surface area contributed by atoms with Gasteiger partial charge in [-0.3, -0.25) is 0 Å². The van der Waals surface area contributed by atoms with Crippen LogP contribution < -0.4 is 74.6 Å². The fourth-order valence-electron chi connectivity index (χ4n) is 1.31. The molecule has 14 heavy (non-hydrogen) atoms. The molecule has 2 atom stereocenters. The SMILES string of the molecule is O=C([O-])C1CCCC(C(=O)[O-])N1.[Na+].[Na+]. The molecule has 0 amide bonds. The van der Waals surface area contributed by atoms with Gasteiger partial charge in [0.05, 0.1) is 11.9 Å². The molecule has 68 valence electrons. The van der Waals surface area contributed by atoms with Gasteiger partial charge >= 0.3 is 59.1 Å². The Kier molecular flexibility index (Phi) is 10.0. The van der Waals surface area contributed by atoms with E-state index in [1.165, 1.54) is 0 Å². The van der Waals surface area contributed by atoms with Gasteiger partial charge in [-0.05, 0) is 19.3 Å². The number of rotatable bonds is 2. The first-order chi connectivity index (χ1) is 5.61. The van der Waals surface area contributed by atoms with E-state index in [2.05, 4.69) is 5.32 Å². The Balaban J connectivity index is 0. The second-order valence-electron chi connectivity index (χ2n) is 2.84. The summed E-state index contributed by atoms with van der Waals surface area (Å²) in [4.78, 5) is 20.7. The predicted molar refractivity (Wildman–Crippen MR) is 34.6 cm³/mol. The topological polar surface area (TPSA) is 92.3 Å². The molecule has 1 aliphatic rings. The van der Waals surface area contributed by atoms with Gasteiger partial charge in [0.25, 0.3) is 0 Å². The average Bonchev–Trinajstić information content (AvgIpc) is 2.04. The summed E-state index contributed by atoms with van der Waals surface area (Å²) in [6.45, 7) is 0. The fraction of sp³-hybridized carbons (Fsp3) is 0.714. The number of aliphatic carboxylic acids is 2. The van der Waals surface area contributed by atoms with E-state index in [9.17, 15) is 19.8 Å². The van der Waals surface area contributed by atoms with Crippen LogP contribution in [0.15, 0.2) is 0 Å². The summed E-state index contributed by atoms with van der Waals surface area (Å²) in [5.41, 5.74) is 0. The number of carbonyl (C=O) groups excluding carboxylic acids is 2. The number of carboxylic acid groups (broad SMARTS) is 2. The third-order valence-corrected chi connectivity index (χ3v) is 1.96. The molecule has 1 N–H and O–H groups in total. The second-order valence-corrected chi connectivity index (χ2v) is 2.84. The van der Waals surface area contributed by atoms with Gasteiger partial charge in [0.2, 0.25) is 0 Å². The van der Waals surface area contributed by atoms with Gasteiger partial charge in [0.1, 0.15) is 0 Å². The summed E-state index contributed by atoms with van der Waals surface area (Å²) in [6, 6.07) is -1.69. The zero-order chi connectivity index (χ0) is 9.14. The number of piperidine rings is 1. The standard InChI is InChI=1S/C7H11NO4.2Na/c9-6(10)4-2-1-3-5(8-4)7(11)12;;/h4-5,8H,1-3H2,(H,9,10)(H,11,12);;/q;2*+1/p-2. The first-order valence-corrected chi connectivity index (χ1v) is 3.79. The van der Waals surface area contributed by atoms with Crippen LogP contribution in [0.2, 0.25) is 0 Å². The molecule has 0 aromatic rings. The first-order valence-electron chi connectivity index (χ1n) is 3.79. The number of hydrogen-bond acceptors (Lipinski definition) is 5. The predicted octanol–water partition coefficient (Wildman–Crippen LogP) is -9.00. The summed E-state index contributed by atoms with van der Waals surface area (Å²) >= 11 is 0. The molecule has 1 saturated heterocycles. The maximum atomic E-state index is 10.3. The summed E-state index contributed by atoms with van der Waals surface area (Å²) < 4.78 is 0. The van der Waals surface area contributed by atoms with Crippen molar-refractivity contribution in [2.45, 2.75) is 31.3 Å². The van der Waals surface area contributed by atoms with Crippen molar-refractivity contribution in [2.75, 3.05) is 0 Å². The smallest absolute Gasteiger partial charge is 0.548 e. The minimum absolute atomic E-state index is 0. The van der Waals surface area contributed by atoms with Crippen LogP contribution >= 0.6 is 0 Å². The van der Waals surface area contributed by atoms with Gasteiger partial charge in [0, 0.05) is 12.1 Å². The van der Waals surface area contributed by atoms with E-state index in [1.807, 2.05) is 0 Å². The monoisotopic (exact) mass is 217 g/mol. The van der Waals surface area contributed by atoms with Crippen LogP contribution in [0.5, 0.6) is 0 Å². The fourth-order valence-corrected chi connectivity index (χ4v) is 1.31. The van der Waals surface area contributed by atoms with E-state index in [0.29, 0.717) is 19.3 Å². The molecular formula is C7H9NNa2O4. The van der Waals surface area contributed by atoms with Crippen LogP contribution in [-0.4, -0.2) is 24.0 Å². The average molecular weight is 217 g/mol.